The number of carbonyl (C=O) groups excluding carboxylic acids is 1. The van der Waals surface area contributed by atoms with Crippen LogP contribution in [0, 0.1) is 0 Å². The van der Waals surface area contributed by atoms with Gasteiger partial charge in [0.1, 0.15) is 5.60 Å². The van der Waals surface area contributed by atoms with Crippen molar-refractivity contribution in [1.82, 2.24) is 5.48 Å². The van der Waals surface area contributed by atoms with Gasteiger partial charge in [0.15, 0.2) is 0 Å². The molecule has 1 rings (SSSR count). The van der Waals surface area contributed by atoms with Crippen molar-refractivity contribution in [2.45, 2.75) is 32.9 Å². The molecule has 0 heterocycles. The molecule has 0 aliphatic carbocycles. The van der Waals surface area contributed by atoms with Gasteiger partial charge in [-0.1, -0.05) is 18.2 Å². The second-order valence-electron chi connectivity index (χ2n) is 4.62. The third kappa shape index (κ3) is 4.84. The highest BCUT2D eigenvalue weighted by atomic mass is 16.6. The summed E-state index contributed by atoms with van der Waals surface area (Å²) in [5, 5.41) is 11.3. The van der Waals surface area contributed by atoms with Gasteiger partial charge in [-0.05, 0) is 32.4 Å². The molecule has 5 nitrogen and oxygen atoms in total. The number of rotatable bonds is 3. The van der Waals surface area contributed by atoms with Crippen molar-refractivity contribution in [2.24, 2.45) is 0 Å². The van der Waals surface area contributed by atoms with Gasteiger partial charge in [0.05, 0.1) is 0 Å². The number of benzene rings is 1. The van der Waals surface area contributed by atoms with Crippen molar-refractivity contribution >= 4 is 11.8 Å². The van der Waals surface area contributed by atoms with E-state index in [1.54, 1.807) is 39.0 Å². The molecule has 3 N–H and O–H groups in total. The number of hydrogen-bond donors (Lipinski definition) is 3. The molecule has 0 saturated heterocycles. The van der Waals surface area contributed by atoms with Crippen molar-refractivity contribution < 1.29 is 14.7 Å². The summed E-state index contributed by atoms with van der Waals surface area (Å²) in [7, 11) is 0. The molecule has 0 aliphatic heterocycles. The van der Waals surface area contributed by atoms with Crippen LogP contribution in [0.2, 0.25) is 0 Å². The summed E-state index contributed by atoms with van der Waals surface area (Å²) in [5.41, 5.74) is 2.91. The number of para-hydroxylation sites is 1. The van der Waals surface area contributed by atoms with Crippen LogP contribution in [0.15, 0.2) is 24.3 Å². The zero-order valence-electron chi connectivity index (χ0n) is 10.3. The Labute approximate surface area is 101 Å². The number of amides is 1. The molecule has 1 aromatic rings. The van der Waals surface area contributed by atoms with Crippen molar-refractivity contribution in [3.63, 3.8) is 0 Å². The zero-order chi connectivity index (χ0) is 12.9. The maximum Gasteiger partial charge on any atom is 0.412 e. The standard InChI is InChI=1S/C12H18N2O3/c1-12(2,3)17-11(15)14-10-7-5-4-6-9(10)8-13-16/h4-7,13,16H,8H2,1-3H3,(H,14,15). The first kappa shape index (κ1) is 13.5. The van der Waals surface area contributed by atoms with Gasteiger partial charge < -0.3 is 9.94 Å². The lowest BCUT2D eigenvalue weighted by Crippen LogP contribution is -2.27. The van der Waals surface area contributed by atoms with Gasteiger partial charge in [0.2, 0.25) is 0 Å². The topological polar surface area (TPSA) is 70.6 Å². The van der Waals surface area contributed by atoms with Gasteiger partial charge in [-0.15, -0.1) is 0 Å². The summed E-state index contributed by atoms with van der Waals surface area (Å²) in [6.45, 7) is 5.65. The van der Waals surface area contributed by atoms with Gasteiger partial charge in [-0.3, -0.25) is 5.32 Å². The quantitative estimate of drug-likeness (QED) is 0.708. The molecule has 0 atom stereocenters. The monoisotopic (exact) mass is 238 g/mol. The zero-order valence-corrected chi connectivity index (χ0v) is 10.3. The third-order valence-electron chi connectivity index (χ3n) is 1.92. The normalized spacial score (nSPS) is 11.1. The molecule has 0 unspecified atom stereocenters. The first-order valence-electron chi connectivity index (χ1n) is 5.37. The fourth-order valence-corrected chi connectivity index (χ4v) is 1.30. The molecule has 0 spiro atoms. The van der Waals surface area contributed by atoms with E-state index in [2.05, 4.69) is 10.8 Å². The van der Waals surface area contributed by atoms with E-state index in [1.807, 2.05) is 6.07 Å². The Hall–Kier alpha value is -1.59. The number of carbonyl (C=O) groups is 1. The Morgan fingerprint density at radius 2 is 2.00 bits per heavy atom. The second kappa shape index (κ2) is 5.65. The third-order valence-corrected chi connectivity index (χ3v) is 1.92. The van der Waals surface area contributed by atoms with Crippen LogP contribution in [0.25, 0.3) is 0 Å². The molecule has 1 aromatic carbocycles. The first-order valence-corrected chi connectivity index (χ1v) is 5.37. The van der Waals surface area contributed by atoms with Crippen LogP contribution in [0.1, 0.15) is 26.3 Å². The summed E-state index contributed by atoms with van der Waals surface area (Å²) in [5.74, 6) is 0. The van der Waals surface area contributed by atoms with Crippen molar-refractivity contribution in [3.05, 3.63) is 29.8 Å². The Bertz CT molecular complexity index is 386. The van der Waals surface area contributed by atoms with Crippen LogP contribution in [-0.4, -0.2) is 16.9 Å². The predicted molar refractivity (Wildman–Crippen MR) is 64.9 cm³/mol. The minimum absolute atomic E-state index is 0.256. The molecule has 0 saturated carbocycles. The highest BCUT2D eigenvalue weighted by Crippen LogP contribution is 2.16. The fourth-order valence-electron chi connectivity index (χ4n) is 1.30. The lowest BCUT2D eigenvalue weighted by molar-refractivity contribution is 0.0635. The van der Waals surface area contributed by atoms with E-state index < -0.39 is 11.7 Å². The average Bonchev–Trinajstić information content (AvgIpc) is 2.18. The lowest BCUT2D eigenvalue weighted by atomic mass is 10.2. The lowest BCUT2D eigenvalue weighted by Gasteiger charge is -2.20. The van der Waals surface area contributed by atoms with E-state index in [9.17, 15) is 4.79 Å². The minimum atomic E-state index is -0.533. The molecule has 0 fully saturated rings. The largest absolute Gasteiger partial charge is 0.444 e. The maximum atomic E-state index is 11.6. The van der Waals surface area contributed by atoms with E-state index in [-0.39, 0.29) is 6.54 Å². The van der Waals surface area contributed by atoms with Crippen molar-refractivity contribution in [1.29, 1.82) is 0 Å². The van der Waals surface area contributed by atoms with Gasteiger partial charge in [-0.2, -0.15) is 0 Å². The van der Waals surface area contributed by atoms with E-state index in [1.165, 1.54) is 0 Å². The molecule has 0 radical (unpaired) electrons. The van der Waals surface area contributed by atoms with E-state index in [4.69, 9.17) is 9.94 Å². The van der Waals surface area contributed by atoms with E-state index >= 15 is 0 Å². The Kier molecular flexibility index (Phi) is 4.48. The van der Waals surface area contributed by atoms with Crippen LogP contribution in [-0.2, 0) is 11.3 Å². The van der Waals surface area contributed by atoms with Crippen LogP contribution in [0.4, 0.5) is 10.5 Å². The number of anilines is 1. The molecular formula is C12H18N2O3. The van der Waals surface area contributed by atoms with Crippen LogP contribution in [0.3, 0.4) is 0 Å². The number of hydrogen-bond acceptors (Lipinski definition) is 4. The van der Waals surface area contributed by atoms with Crippen LogP contribution >= 0.6 is 0 Å². The number of hydroxylamine groups is 1. The molecule has 1 amide bonds. The molecular weight excluding hydrogens is 220 g/mol. The fraction of sp³-hybridized carbons (Fsp3) is 0.417. The minimum Gasteiger partial charge on any atom is -0.444 e. The number of ether oxygens (including phenoxy) is 1. The van der Waals surface area contributed by atoms with E-state index in [0.717, 1.165) is 5.56 Å². The SMILES string of the molecule is CC(C)(C)OC(=O)Nc1ccccc1CNO. The highest BCUT2D eigenvalue weighted by Gasteiger charge is 2.16. The molecule has 5 heteroatoms. The summed E-state index contributed by atoms with van der Waals surface area (Å²) in [6, 6.07) is 7.17. The van der Waals surface area contributed by atoms with Gasteiger partial charge in [-0.25, -0.2) is 10.3 Å². The van der Waals surface area contributed by atoms with Gasteiger partial charge >= 0.3 is 6.09 Å². The Morgan fingerprint density at radius 1 is 1.35 bits per heavy atom. The smallest absolute Gasteiger partial charge is 0.412 e. The van der Waals surface area contributed by atoms with Crippen LogP contribution < -0.4 is 10.8 Å². The van der Waals surface area contributed by atoms with Gasteiger partial charge in [0, 0.05) is 12.2 Å². The molecule has 0 bridgehead atoms. The van der Waals surface area contributed by atoms with Crippen molar-refractivity contribution in [2.75, 3.05) is 5.32 Å². The molecule has 0 aromatic heterocycles. The Balaban J connectivity index is 2.71. The molecule has 94 valence electrons. The van der Waals surface area contributed by atoms with Gasteiger partial charge in [0.25, 0.3) is 0 Å². The van der Waals surface area contributed by atoms with E-state index in [0.29, 0.717) is 5.69 Å². The summed E-state index contributed by atoms with van der Waals surface area (Å²) in [4.78, 5) is 11.6. The molecule has 17 heavy (non-hydrogen) atoms. The predicted octanol–water partition coefficient (Wildman–Crippen LogP) is 2.51. The first-order chi connectivity index (χ1) is 7.92. The highest BCUT2D eigenvalue weighted by molar-refractivity contribution is 5.85. The van der Waals surface area contributed by atoms with Crippen molar-refractivity contribution in [3.8, 4) is 0 Å². The Morgan fingerprint density at radius 3 is 2.59 bits per heavy atom. The number of nitrogens with one attached hydrogen (secondary N) is 2. The summed E-state index contributed by atoms with van der Waals surface area (Å²) >= 11 is 0. The summed E-state index contributed by atoms with van der Waals surface area (Å²) in [6.07, 6.45) is -0.511. The summed E-state index contributed by atoms with van der Waals surface area (Å²) < 4.78 is 5.14. The maximum absolute atomic E-state index is 11.6. The average molecular weight is 238 g/mol. The molecule has 0 aliphatic rings. The second-order valence-corrected chi connectivity index (χ2v) is 4.62. The van der Waals surface area contributed by atoms with Crippen LogP contribution in [0.5, 0.6) is 0 Å².